The van der Waals surface area contributed by atoms with Crippen molar-refractivity contribution in [3.8, 4) is 17.1 Å². The maximum Gasteiger partial charge on any atom is 0.170 e. The van der Waals surface area contributed by atoms with E-state index in [4.69, 9.17) is 0 Å². The van der Waals surface area contributed by atoms with Gasteiger partial charge in [0.05, 0.1) is 5.25 Å². The molecule has 0 N–H and O–H groups in total. The Morgan fingerprint density at radius 2 is 1.65 bits per heavy atom. The lowest BCUT2D eigenvalue weighted by Crippen LogP contribution is -2.27. The average Bonchev–Trinajstić information content (AvgIpc) is 3.21. The van der Waals surface area contributed by atoms with Crippen LogP contribution < -0.4 is 0 Å². The van der Waals surface area contributed by atoms with E-state index in [-0.39, 0.29) is 11.6 Å². The van der Waals surface area contributed by atoms with Crippen molar-refractivity contribution in [3.05, 3.63) is 84.0 Å². The maximum atomic E-state index is 14.8. The zero-order valence-corrected chi connectivity index (χ0v) is 19.5. The highest BCUT2D eigenvalue weighted by atomic mass is 32.2. The normalized spacial score (nSPS) is 13.6. The molecule has 0 aliphatic rings. The van der Waals surface area contributed by atoms with Gasteiger partial charge in [0, 0.05) is 36.3 Å². The van der Waals surface area contributed by atoms with Gasteiger partial charge in [0.2, 0.25) is 0 Å². The van der Waals surface area contributed by atoms with Crippen LogP contribution in [0.1, 0.15) is 37.0 Å². The number of aromatic nitrogens is 6. The van der Waals surface area contributed by atoms with Gasteiger partial charge in [-0.2, -0.15) is 0 Å². The second kappa shape index (κ2) is 9.34. The van der Waals surface area contributed by atoms with E-state index in [0.717, 1.165) is 22.3 Å². The largest absolute Gasteiger partial charge is 0.272 e. The van der Waals surface area contributed by atoms with Crippen molar-refractivity contribution in [3.63, 3.8) is 0 Å². The van der Waals surface area contributed by atoms with Crippen molar-refractivity contribution >= 4 is 9.84 Å². The second-order valence-electron chi connectivity index (χ2n) is 8.01. The van der Waals surface area contributed by atoms with Gasteiger partial charge < -0.3 is 0 Å². The monoisotopic (exact) mass is 484 g/mol. The smallest absolute Gasteiger partial charge is 0.170 e. The van der Waals surface area contributed by atoms with Crippen LogP contribution in [0.3, 0.4) is 0 Å². The van der Waals surface area contributed by atoms with E-state index < -0.39 is 44.1 Å². The number of aryl methyl sites for hydroxylation is 1. The summed E-state index contributed by atoms with van der Waals surface area (Å²) in [7, 11) is -3.86. The number of para-hydroxylation sites is 1. The summed E-state index contributed by atoms with van der Waals surface area (Å²) in [6, 6.07) is 6.67. The summed E-state index contributed by atoms with van der Waals surface area (Å²) in [5.74, 6) is -2.53. The molecule has 0 fully saturated rings. The van der Waals surface area contributed by atoms with Crippen molar-refractivity contribution in [2.45, 2.75) is 37.7 Å². The van der Waals surface area contributed by atoms with Gasteiger partial charge in [-0.15, -0.1) is 10.2 Å². The van der Waals surface area contributed by atoms with Crippen LogP contribution in [0.15, 0.2) is 55.1 Å². The first kappa shape index (κ1) is 23.6. The minimum atomic E-state index is -3.86. The zero-order chi connectivity index (χ0) is 24.5. The van der Waals surface area contributed by atoms with Gasteiger partial charge in [-0.1, -0.05) is 13.0 Å². The Labute approximate surface area is 195 Å². The standard InChI is InChI=1S/C23H22F2N6O2S/c1-14-10-27-22(28-11-14)15(2)16(3)34(32,33)13-20-29-30-23(17-6-5-9-26-12-17)31(20)21-18(24)7-4-8-19(21)25/h4-12,15-16H,13H2,1-3H3/t15-,16-/m0/s1. The molecule has 11 heteroatoms. The van der Waals surface area contributed by atoms with Crippen molar-refractivity contribution in [2.75, 3.05) is 0 Å². The van der Waals surface area contributed by atoms with Crippen molar-refractivity contribution in [1.82, 2.24) is 29.7 Å². The highest BCUT2D eigenvalue weighted by molar-refractivity contribution is 7.91. The predicted molar refractivity (Wildman–Crippen MR) is 122 cm³/mol. The van der Waals surface area contributed by atoms with Gasteiger partial charge >= 0.3 is 0 Å². The Morgan fingerprint density at radius 3 is 2.26 bits per heavy atom. The molecule has 0 amide bonds. The number of sulfone groups is 1. The number of hydrogen-bond acceptors (Lipinski definition) is 7. The molecule has 0 radical (unpaired) electrons. The summed E-state index contributed by atoms with van der Waals surface area (Å²) in [6.07, 6.45) is 6.23. The molecule has 4 rings (SSSR count). The topological polar surface area (TPSA) is 104 Å². The van der Waals surface area contributed by atoms with Gasteiger partial charge in [0.1, 0.15) is 28.9 Å². The third-order valence-electron chi connectivity index (χ3n) is 5.62. The van der Waals surface area contributed by atoms with E-state index in [0.29, 0.717) is 11.4 Å². The number of nitrogens with zero attached hydrogens (tertiary/aromatic N) is 6. The molecule has 3 heterocycles. The molecule has 34 heavy (non-hydrogen) atoms. The number of hydrogen-bond donors (Lipinski definition) is 0. The van der Waals surface area contributed by atoms with Crippen LogP contribution in [0, 0.1) is 18.6 Å². The molecule has 0 saturated heterocycles. The number of halogens is 2. The highest BCUT2D eigenvalue weighted by Gasteiger charge is 2.32. The summed E-state index contributed by atoms with van der Waals surface area (Å²) < 4.78 is 57.3. The molecule has 0 bridgehead atoms. The van der Waals surface area contributed by atoms with E-state index in [1.807, 2.05) is 6.92 Å². The lowest BCUT2D eigenvalue weighted by Gasteiger charge is -2.19. The molecule has 2 atom stereocenters. The van der Waals surface area contributed by atoms with E-state index in [1.165, 1.54) is 18.5 Å². The summed E-state index contributed by atoms with van der Waals surface area (Å²) in [4.78, 5) is 12.5. The Morgan fingerprint density at radius 1 is 0.971 bits per heavy atom. The third-order valence-corrected chi connectivity index (χ3v) is 7.82. The van der Waals surface area contributed by atoms with Crippen molar-refractivity contribution in [2.24, 2.45) is 0 Å². The molecule has 4 aromatic rings. The van der Waals surface area contributed by atoms with Gasteiger partial charge in [0.25, 0.3) is 0 Å². The van der Waals surface area contributed by atoms with Gasteiger partial charge in [-0.05, 0) is 43.7 Å². The van der Waals surface area contributed by atoms with Crippen LogP contribution in [0.4, 0.5) is 8.78 Å². The lowest BCUT2D eigenvalue weighted by molar-refractivity contribution is 0.555. The fourth-order valence-corrected chi connectivity index (χ4v) is 5.05. The van der Waals surface area contributed by atoms with Gasteiger partial charge in [0.15, 0.2) is 21.5 Å². The predicted octanol–water partition coefficient (Wildman–Crippen LogP) is 3.81. The van der Waals surface area contributed by atoms with Crippen LogP contribution >= 0.6 is 0 Å². The molecule has 0 unspecified atom stereocenters. The molecule has 1 aromatic carbocycles. The fraction of sp³-hybridized carbons (Fsp3) is 0.261. The molecular formula is C23H22F2N6O2S. The minimum Gasteiger partial charge on any atom is -0.272 e. The third kappa shape index (κ3) is 4.56. The second-order valence-corrected chi connectivity index (χ2v) is 10.4. The highest BCUT2D eigenvalue weighted by Crippen LogP contribution is 2.29. The summed E-state index contributed by atoms with van der Waals surface area (Å²) >= 11 is 0. The summed E-state index contributed by atoms with van der Waals surface area (Å²) in [5.41, 5.74) is 0.823. The van der Waals surface area contributed by atoms with Crippen LogP contribution in [0.2, 0.25) is 0 Å². The summed E-state index contributed by atoms with van der Waals surface area (Å²) in [5, 5.41) is 7.16. The lowest BCUT2D eigenvalue weighted by atomic mass is 10.1. The molecule has 0 spiro atoms. The summed E-state index contributed by atoms with van der Waals surface area (Å²) in [6.45, 7) is 5.11. The molecule has 0 aliphatic carbocycles. The molecule has 176 valence electrons. The van der Waals surface area contributed by atoms with Crippen molar-refractivity contribution < 1.29 is 17.2 Å². The Hall–Kier alpha value is -3.60. The van der Waals surface area contributed by atoms with E-state index in [1.54, 1.807) is 38.4 Å². The van der Waals surface area contributed by atoms with E-state index in [9.17, 15) is 17.2 Å². The first-order valence-corrected chi connectivity index (χ1v) is 12.2. The maximum absolute atomic E-state index is 14.8. The van der Waals surface area contributed by atoms with E-state index in [2.05, 4.69) is 25.1 Å². The first-order chi connectivity index (χ1) is 16.2. The average molecular weight is 485 g/mol. The van der Waals surface area contributed by atoms with Crippen LogP contribution in [0.25, 0.3) is 17.1 Å². The van der Waals surface area contributed by atoms with Crippen LogP contribution in [-0.2, 0) is 15.6 Å². The SMILES string of the molecule is Cc1cnc([C@@H](C)[C@H](C)S(=O)(=O)Cc2nnc(-c3cccnc3)n2-c2c(F)cccc2F)nc1. The minimum absolute atomic E-state index is 0.0740. The fourth-order valence-electron chi connectivity index (χ4n) is 3.50. The first-order valence-electron chi connectivity index (χ1n) is 10.5. The molecule has 8 nitrogen and oxygen atoms in total. The number of benzene rings is 1. The van der Waals surface area contributed by atoms with Crippen molar-refractivity contribution in [1.29, 1.82) is 0 Å². The number of pyridine rings is 1. The van der Waals surface area contributed by atoms with Crippen LogP contribution in [0.5, 0.6) is 0 Å². The van der Waals surface area contributed by atoms with E-state index >= 15 is 0 Å². The molecule has 0 aliphatic heterocycles. The van der Waals surface area contributed by atoms with Crippen LogP contribution in [-0.4, -0.2) is 43.4 Å². The quantitative estimate of drug-likeness (QED) is 0.393. The Balaban J connectivity index is 1.77. The Kier molecular flexibility index (Phi) is 6.47. The van der Waals surface area contributed by atoms with Gasteiger partial charge in [-0.3, -0.25) is 9.55 Å². The Bertz CT molecular complexity index is 1390. The molecule has 3 aromatic heterocycles. The van der Waals surface area contributed by atoms with Gasteiger partial charge in [-0.25, -0.2) is 27.2 Å². The number of rotatable bonds is 7. The zero-order valence-electron chi connectivity index (χ0n) is 18.7. The molecular weight excluding hydrogens is 462 g/mol. The molecule has 0 saturated carbocycles.